The van der Waals surface area contributed by atoms with Gasteiger partial charge in [0.05, 0.1) is 11.4 Å². The van der Waals surface area contributed by atoms with Crippen LogP contribution in [0.4, 0.5) is 0 Å². The Labute approximate surface area is 126 Å². The highest BCUT2D eigenvalue weighted by Gasteiger charge is 2.24. The van der Waals surface area contributed by atoms with Crippen LogP contribution >= 0.6 is 11.3 Å². The number of Topliss-reactive ketones (excluding diaryl/α,β-unsaturated/α-hetero) is 1. The molecule has 1 aromatic carbocycles. The number of fused-ring (bicyclic) bond motifs is 2. The predicted molar refractivity (Wildman–Crippen MR) is 85.0 cm³/mol. The van der Waals surface area contributed by atoms with E-state index < -0.39 is 0 Å². The number of carbonyl (C=O) groups excluding carboxylic acids is 1. The smallest absolute Gasteiger partial charge is 0.194 e. The number of allylic oxidation sites excluding steroid dienone is 1. The van der Waals surface area contributed by atoms with Gasteiger partial charge < -0.3 is 0 Å². The maximum atomic E-state index is 12.5. The fourth-order valence-electron chi connectivity index (χ4n) is 2.89. The Morgan fingerprint density at radius 2 is 2.10 bits per heavy atom. The second kappa shape index (κ2) is 4.40. The molecule has 0 spiro atoms. The Bertz CT molecular complexity index is 914. The van der Waals surface area contributed by atoms with Crippen molar-refractivity contribution < 1.29 is 4.79 Å². The van der Waals surface area contributed by atoms with Crippen LogP contribution in [0.3, 0.4) is 0 Å². The van der Waals surface area contributed by atoms with Gasteiger partial charge in [-0.05, 0) is 25.5 Å². The molecule has 21 heavy (non-hydrogen) atoms. The molecule has 0 N–H and O–H groups in total. The quantitative estimate of drug-likeness (QED) is 0.639. The molecule has 4 rings (SSSR count). The molecule has 0 fully saturated rings. The molecule has 3 nitrogen and oxygen atoms in total. The third-order valence-corrected chi connectivity index (χ3v) is 4.81. The zero-order chi connectivity index (χ0) is 14.6. The molecule has 0 amide bonds. The summed E-state index contributed by atoms with van der Waals surface area (Å²) in [6.07, 6.45) is 4.80. The van der Waals surface area contributed by atoms with Gasteiger partial charge in [0.25, 0.3) is 0 Å². The van der Waals surface area contributed by atoms with Crippen molar-refractivity contribution in [1.82, 2.24) is 9.38 Å². The lowest BCUT2D eigenvalue weighted by molar-refractivity contribution is 0.104. The van der Waals surface area contributed by atoms with Gasteiger partial charge in [0.15, 0.2) is 10.7 Å². The summed E-state index contributed by atoms with van der Waals surface area (Å²) in [4.78, 5) is 19.3. The lowest BCUT2D eigenvalue weighted by Crippen LogP contribution is -1.96. The minimum Gasteiger partial charge on any atom is -0.290 e. The summed E-state index contributed by atoms with van der Waals surface area (Å²) < 4.78 is 2.08. The maximum absolute atomic E-state index is 12.5. The number of hydrogen-bond donors (Lipinski definition) is 0. The van der Waals surface area contributed by atoms with Gasteiger partial charge in [-0.2, -0.15) is 0 Å². The van der Waals surface area contributed by atoms with Crippen molar-refractivity contribution in [2.24, 2.45) is 0 Å². The second-order valence-electron chi connectivity index (χ2n) is 5.41. The zero-order valence-electron chi connectivity index (χ0n) is 11.9. The minimum absolute atomic E-state index is 0.145. The van der Waals surface area contributed by atoms with Crippen molar-refractivity contribution in [1.29, 1.82) is 0 Å². The highest BCUT2D eigenvalue weighted by Crippen LogP contribution is 2.29. The Kier molecular flexibility index (Phi) is 2.62. The molecule has 0 unspecified atom stereocenters. The lowest BCUT2D eigenvalue weighted by atomic mass is 10.1. The van der Waals surface area contributed by atoms with Crippen LogP contribution in [-0.2, 0) is 6.42 Å². The van der Waals surface area contributed by atoms with Gasteiger partial charge in [-0.25, -0.2) is 4.98 Å². The predicted octanol–water partition coefficient (Wildman–Crippen LogP) is 3.84. The van der Waals surface area contributed by atoms with Crippen LogP contribution in [0.5, 0.6) is 0 Å². The Hall–Kier alpha value is -2.20. The second-order valence-corrected chi connectivity index (χ2v) is 6.62. The van der Waals surface area contributed by atoms with E-state index in [9.17, 15) is 4.79 Å². The molecule has 1 aliphatic carbocycles. The molecule has 4 heteroatoms. The van der Waals surface area contributed by atoms with Gasteiger partial charge in [-0.1, -0.05) is 24.3 Å². The number of carbonyl (C=O) groups is 1. The largest absolute Gasteiger partial charge is 0.290 e. The number of aromatic nitrogens is 2. The molecule has 2 heterocycles. The van der Waals surface area contributed by atoms with Crippen LogP contribution in [0.2, 0.25) is 0 Å². The molecule has 0 saturated carbocycles. The lowest BCUT2D eigenvalue weighted by Gasteiger charge is -1.97. The summed E-state index contributed by atoms with van der Waals surface area (Å²) in [5.74, 6) is 0.145. The molecule has 0 bridgehead atoms. The standard InChI is InChI=1S/C17H14N2OS/c1-10-9-19-15(11(2)18-17(19)21-10)8-13-7-12-5-3-4-6-14(12)16(13)20/h3-6,8-9H,7H2,1-2H3/b13-8-. The first-order chi connectivity index (χ1) is 10.1. The Morgan fingerprint density at radius 3 is 2.90 bits per heavy atom. The highest BCUT2D eigenvalue weighted by atomic mass is 32.1. The first-order valence-electron chi connectivity index (χ1n) is 6.92. The molecule has 3 aromatic rings. The molecule has 0 saturated heterocycles. The van der Waals surface area contributed by atoms with E-state index in [0.29, 0.717) is 6.42 Å². The van der Waals surface area contributed by atoms with Crippen LogP contribution in [0.15, 0.2) is 36.0 Å². The van der Waals surface area contributed by atoms with Crippen LogP contribution in [0.25, 0.3) is 11.0 Å². The monoisotopic (exact) mass is 294 g/mol. The maximum Gasteiger partial charge on any atom is 0.194 e. The van der Waals surface area contributed by atoms with Gasteiger partial charge in [-0.3, -0.25) is 9.20 Å². The fraction of sp³-hybridized carbons (Fsp3) is 0.176. The molecule has 0 atom stereocenters. The van der Waals surface area contributed by atoms with E-state index in [1.165, 1.54) is 4.88 Å². The molecular weight excluding hydrogens is 280 g/mol. The number of aryl methyl sites for hydroxylation is 2. The zero-order valence-corrected chi connectivity index (χ0v) is 12.7. The number of imidazole rings is 1. The van der Waals surface area contributed by atoms with E-state index >= 15 is 0 Å². The summed E-state index contributed by atoms with van der Waals surface area (Å²) in [6, 6.07) is 7.84. The number of benzene rings is 1. The molecule has 1 aliphatic rings. The van der Waals surface area contributed by atoms with Crippen LogP contribution in [-0.4, -0.2) is 15.2 Å². The van der Waals surface area contributed by atoms with E-state index in [1.807, 2.05) is 37.3 Å². The first kappa shape index (κ1) is 12.5. The topological polar surface area (TPSA) is 34.4 Å². The third kappa shape index (κ3) is 1.87. The van der Waals surface area contributed by atoms with Gasteiger partial charge in [0, 0.05) is 28.6 Å². The molecule has 2 aromatic heterocycles. The number of nitrogens with zero attached hydrogens (tertiary/aromatic N) is 2. The number of rotatable bonds is 1. The average molecular weight is 294 g/mol. The van der Waals surface area contributed by atoms with Crippen LogP contribution in [0.1, 0.15) is 32.2 Å². The highest BCUT2D eigenvalue weighted by molar-refractivity contribution is 7.17. The SMILES string of the molecule is Cc1cn2c(/C=C3/Cc4ccccc4C3=O)c(C)nc2s1. The molecule has 104 valence electrons. The van der Waals surface area contributed by atoms with Crippen molar-refractivity contribution in [2.45, 2.75) is 20.3 Å². The molecular formula is C17H14N2OS. The van der Waals surface area contributed by atoms with E-state index in [0.717, 1.165) is 33.0 Å². The number of hydrogen-bond acceptors (Lipinski definition) is 3. The molecule has 0 radical (unpaired) electrons. The third-order valence-electron chi connectivity index (χ3n) is 3.91. The van der Waals surface area contributed by atoms with Crippen molar-refractivity contribution >= 4 is 28.2 Å². The first-order valence-corrected chi connectivity index (χ1v) is 7.73. The Balaban J connectivity index is 1.85. The Morgan fingerprint density at radius 1 is 1.29 bits per heavy atom. The van der Waals surface area contributed by atoms with Crippen LogP contribution < -0.4 is 0 Å². The minimum atomic E-state index is 0.145. The summed E-state index contributed by atoms with van der Waals surface area (Å²) in [5.41, 5.74) is 4.80. The average Bonchev–Trinajstić information content (AvgIpc) is 3.05. The van der Waals surface area contributed by atoms with Gasteiger partial charge >= 0.3 is 0 Å². The summed E-state index contributed by atoms with van der Waals surface area (Å²) in [7, 11) is 0. The van der Waals surface area contributed by atoms with Crippen molar-refractivity contribution in [3.8, 4) is 0 Å². The van der Waals surface area contributed by atoms with Gasteiger partial charge in [0.1, 0.15) is 0 Å². The van der Waals surface area contributed by atoms with E-state index in [2.05, 4.69) is 22.5 Å². The van der Waals surface area contributed by atoms with Gasteiger partial charge in [0.2, 0.25) is 0 Å². The summed E-state index contributed by atoms with van der Waals surface area (Å²) >= 11 is 1.67. The van der Waals surface area contributed by atoms with E-state index in [1.54, 1.807) is 11.3 Å². The van der Waals surface area contributed by atoms with Crippen molar-refractivity contribution in [2.75, 3.05) is 0 Å². The van der Waals surface area contributed by atoms with Crippen molar-refractivity contribution in [3.63, 3.8) is 0 Å². The number of thiazole rings is 1. The van der Waals surface area contributed by atoms with E-state index in [-0.39, 0.29) is 5.78 Å². The van der Waals surface area contributed by atoms with E-state index in [4.69, 9.17) is 0 Å². The summed E-state index contributed by atoms with van der Waals surface area (Å²) in [6.45, 7) is 4.07. The molecule has 0 aliphatic heterocycles. The van der Waals surface area contributed by atoms with Gasteiger partial charge in [-0.15, -0.1) is 11.3 Å². The number of ketones is 1. The van der Waals surface area contributed by atoms with Crippen molar-refractivity contribution in [3.05, 3.63) is 63.4 Å². The fourth-order valence-corrected chi connectivity index (χ4v) is 3.77. The normalized spacial score (nSPS) is 16.1. The summed E-state index contributed by atoms with van der Waals surface area (Å²) in [5, 5.41) is 0. The van der Waals surface area contributed by atoms with Crippen LogP contribution in [0, 0.1) is 13.8 Å².